The molecule has 3 rings (SSSR count). The monoisotopic (exact) mass is 332 g/mol. The van der Waals surface area contributed by atoms with Gasteiger partial charge in [0.05, 0.1) is 21.7 Å². The summed E-state index contributed by atoms with van der Waals surface area (Å²) in [6.45, 7) is 4.25. The van der Waals surface area contributed by atoms with Crippen molar-refractivity contribution in [1.29, 1.82) is 0 Å². The molecule has 1 amide bonds. The Morgan fingerprint density at radius 1 is 1.23 bits per heavy atom. The molecule has 0 radical (unpaired) electrons. The number of thiazole rings is 1. The third-order valence-electron chi connectivity index (χ3n) is 3.17. The molecule has 0 unspecified atom stereocenters. The third kappa shape index (κ3) is 2.98. The van der Waals surface area contributed by atoms with Gasteiger partial charge >= 0.3 is 0 Å². The predicted molar refractivity (Wildman–Crippen MR) is 92.5 cm³/mol. The quantitative estimate of drug-likeness (QED) is 0.750. The number of anilines is 1. The molecule has 0 atom stereocenters. The summed E-state index contributed by atoms with van der Waals surface area (Å²) in [5.41, 5.74) is 0.749. The van der Waals surface area contributed by atoms with Crippen molar-refractivity contribution in [3.63, 3.8) is 0 Å². The maximum absolute atomic E-state index is 12.3. The fraction of sp³-hybridized carbons (Fsp3) is 0.250. The van der Waals surface area contributed by atoms with E-state index >= 15 is 0 Å². The van der Waals surface area contributed by atoms with E-state index in [0.29, 0.717) is 10.8 Å². The van der Waals surface area contributed by atoms with E-state index in [-0.39, 0.29) is 5.91 Å². The third-order valence-corrected chi connectivity index (χ3v) is 5.63. The molecule has 2 heterocycles. The normalized spacial score (nSPS) is 11.1. The Balaban J connectivity index is 1.77. The summed E-state index contributed by atoms with van der Waals surface area (Å²) >= 11 is 3.09. The first-order valence-corrected chi connectivity index (χ1v) is 8.56. The first-order valence-electron chi connectivity index (χ1n) is 6.92. The van der Waals surface area contributed by atoms with Crippen LogP contribution in [-0.4, -0.2) is 18.0 Å². The van der Waals surface area contributed by atoms with Crippen molar-refractivity contribution >= 4 is 43.8 Å². The van der Waals surface area contributed by atoms with E-state index in [1.54, 1.807) is 18.4 Å². The van der Waals surface area contributed by atoms with Crippen molar-refractivity contribution in [3.05, 3.63) is 40.2 Å². The molecule has 3 aromatic rings. The summed E-state index contributed by atoms with van der Waals surface area (Å²) in [6.07, 6.45) is 0. The lowest BCUT2D eigenvalue weighted by Gasteiger charge is -2.04. The molecule has 1 aromatic carbocycles. The maximum Gasteiger partial charge on any atom is 0.265 e. The van der Waals surface area contributed by atoms with Crippen LogP contribution in [0, 0.1) is 0 Å². The van der Waals surface area contributed by atoms with E-state index in [4.69, 9.17) is 4.74 Å². The summed E-state index contributed by atoms with van der Waals surface area (Å²) in [5.74, 6) is 1.08. The summed E-state index contributed by atoms with van der Waals surface area (Å²) in [5, 5.41) is 4.00. The minimum absolute atomic E-state index is 0.105. The van der Waals surface area contributed by atoms with E-state index < -0.39 is 0 Å². The zero-order valence-corrected chi connectivity index (χ0v) is 14.2. The molecule has 2 aromatic heterocycles. The predicted octanol–water partition coefficient (Wildman–Crippen LogP) is 4.74. The molecular weight excluding hydrogens is 316 g/mol. The summed E-state index contributed by atoms with van der Waals surface area (Å²) < 4.78 is 6.18. The number of hydrogen-bond acceptors (Lipinski definition) is 5. The number of fused-ring (bicyclic) bond motifs is 1. The van der Waals surface area contributed by atoms with Gasteiger partial charge in [0.2, 0.25) is 0 Å². The van der Waals surface area contributed by atoms with Crippen molar-refractivity contribution in [3.8, 4) is 5.75 Å². The fourth-order valence-corrected chi connectivity index (χ4v) is 4.10. The van der Waals surface area contributed by atoms with Crippen LogP contribution < -0.4 is 10.1 Å². The van der Waals surface area contributed by atoms with E-state index in [0.717, 1.165) is 26.0 Å². The van der Waals surface area contributed by atoms with Crippen LogP contribution in [0.15, 0.2) is 30.3 Å². The Kier molecular flexibility index (Phi) is 4.13. The van der Waals surface area contributed by atoms with Gasteiger partial charge in [0, 0.05) is 11.6 Å². The lowest BCUT2D eigenvalue weighted by Crippen LogP contribution is -2.09. The van der Waals surface area contributed by atoms with Gasteiger partial charge in [0.15, 0.2) is 0 Å². The fourth-order valence-electron chi connectivity index (χ4n) is 1.98. The summed E-state index contributed by atoms with van der Waals surface area (Å²) in [7, 11) is 1.62. The largest absolute Gasteiger partial charge is 0.497 e. The minimum atomic E-state index is -0.105. The molecule has 0 aliphatic carbocycles. The van der Waals surface area contributed by atoms with Crippen molar-refractivity contribution in [2.24, 2.45) is 0 Å². The highest BCUT2D eigenvalue weighted by Crippen LogP contribution is 2.33. The Labute approximate surface area is 136 Å². The number of nitrogens with zero attached hydrogens (tertiary/aromatic N) is 1. The molecule has 0 fully saturated rings. The van der Waals surface area contributed by atoms with Crippen molar-refractivity contribution in [2.45, 2.75) is 19.8 Å². The maximum atomic E-state index is 12.3. The van der Waals surface area contributed by atoms with E-state index in [2.05, 4.69) is 24.1 Å². The van der Waals surface area contributed by atoms with Gasteiger partial charge in [0.1, 0.15) is 10.6 Å². The number of thiophene rings is 1. The molecule has 1 N–H and O–H groups in total. The van der Waals surface area contributed by atoms with Crippen LogP contribution in [0.3, 0.4) is 0 Å². The number of amides is 1. The Hall–Kier alpha value is -1.92. The van der Waals surface area contributed by atoms with Crippen LogP contribution >= 0.6 is 22.7 Å². The van der Waals surface area contributed by atoms with Crippen LogP contribution in [-0.2, 0) is 0 Å². The SMILES string of the molecule is COc1ccc(NC(=O)c2cc3sc(C(C)C)nc3s2)cc1. The number of methoxy groups -OCH3 is 1. The lowest BCUT2D eigenvalue weighted by atomic mass is 10.2. The zero-order valence-electron chi connectivity index (χ0n) is 12.5. The molecular formula is C16H16N2O2S2. The molecule has 0 spiro atoms. The number of nitrogens with one attached hydrogen (secondary N) is 1. The highest BCUT2D eigenvalue weighted by molar-refractivity contribution is 7.28. The standard InChI is InChI=1S/C16H16N2O2S2/c1-9(2)15-18-16-13(22-15)8-12(21-16)14(19)17-10-4-6-11(20-3)7-5-10/h4-9H,1-3H3,(H,17,19). The first kappa shape index (κ1) is 15.0. The van der Waals surface area contributed by atoms with Gasteiger partial charge in [-0.2, -0.15) is 0 Å². The lowest BCUT2D eigenvalue weighted by molar-refractivity contribution is 0.103. The molecule has 0 aliphatic heterocycles. The topological polar surface area (TPSA) is 51.2 Å². The van der Waals surface area contributed by atoms with Crippen LogP contribution in [0.4, 0.5) is 5.69 Å². The second kappa shape index (κ2) is 6.06. The van der Waals surface area contributed by atoms with Gasteiger partial charge in [-0.25, -0.2) is 4.98 Å². The van der Waals surface area contributed by atoms with Crippen molar-refractivity contribution in [1.82, 2.24) is 4.98 Å². The van der Waals surface area contributed by atoms with Crippen molar-refractivity contribution in [2.75, 3.05) is 12.4 Å². The summed E-state index contributed by atoms with van der Waals surface area (Å²) in [4.78, 5) is 18.5. The molecule has 114 valence electrons. The molecule has 0 saturated carbocycles. The van der Waals surface area contributed by atoms with E-state index in [1.165, 1.54) is 11.3 Å². The zero-order chi connectivity index (χ0) is 15.7. The number of carbonyl (C=O) groups is 1. The number of ether oxygens (including phenoxy) is 1. The molecule has 0 saturated heterocycles. The molecule has 6 heteroatoms. The van der Waals surface area contributed by atoms with Crippen LogP contribution in [0.2, 0.25) is 0 Å². The smallest absolute Gasteiger partial charge is 0.265 e. The molecule has 0 bridgehead atoms. The summed E-state index contributed by atoms with van der Waals surface area (Å²) in [6, 6.07) is 9.20. The highest BCUT2D eigenvalue weighted by atomic mass is 32.1. The van der Waals surface area contributed by atoms with Gasteiger partial charge in [-0.05, 0) is 30.3 Å². The minimum Gasteiger partial charge on any atom is -0.497 e. The second-order valence-electron chi connectivity index (χ2n) is 5.17. The average molecular weight is 332 g/mol. The number of hydrogen-bond donors (Lipinski definition) is 1. The van der Waals surface area contributed by atoms with Crippen LogP contribution in [0.5, 0.6) is 5.75 Å². The number of benzene rings is 1. The van der Waals surface area contributed by atoms with Crippen LogP contribution in [0.1, 0.15) is 34.4 Å². The Morgan fingerprint density at radius 3 is 2.55 bits per heavy atom. The average Bonchev–Trinajstić information content (AvgIpc) is 3.06. The van der Waals surface area contributed by atoms with Gasteiger partial charge in [-0.3, -0.25) is 4.79 Å². The number of carbonyl (C=O) groups excluding carboxylic acids is 1. The van der Waals surface area contributed by atoms with Gasteiger partial charge in [0.25, 0.3) is 5.91 Å². The van der Waals surface area contributed by atoms with Gasteiger partial charge in [-0.15, -0.1) is 22.7 Å². The van der Waals surface area contributed by atoms with Gasteiger partial charge < -0.3 is 10.1 Å². The first-order chi connectivity index (χ1) is 10.6. The molecule has 4 nitrogen and oxygen atoms in total. The number of rotatable bonds is 4. The van der Waals surface area contributed by atoms with Crippen LogP contribution in [0.25, 0.3) is 9.53 Å². The molecule has 22 heavy (non-hydrogen) atoms. The van der Waals surface area contributed by atoms with E-state index in [9.17, 15) is 4.79 Å². The van der Waals surface area contributed by atoms with E-state index in [1.807, 2.05) is 30.3 Å². The Bertz CT molecular complexity index is 772. The molecule has 0 aliphatic rings. The van der Waals surface area contributed by atoms with Gasteiger partial charge in [-0.1, -0.05) is 13.8 Å². The second-order valence-corrected chi connectivity index (χ2v) is 7.26. The van der Waals surface area contributed by atoms with Crippen molar-refractivity contribution < 1.29 is 9.53 Å². The number of aromatic nitrogens is 1. The Morgan fingerprint density at radius 2 is 1.95 bits per heavy atom. The highest BCUT2D eigenvalue weighted by Gasteiger charge is 2.15.